The van der Waals surface area contributed by atoms with Crippen LogP contribution in [0.15, 0.2) is 224 Å². The van der Waals surface area contributed by atoms with Crippen LogP contribution in [0.2, 0.25) is 0 Å². The van der Waals surface area contributed by atoms with Crippen LogP contribution >= 0.6 is 22.7 Å². The van der Waals surface area contributed by atoms with Gasteiger partial charge in [0.25, 0.3) is 0 Å². The van der Waals surface area contributed by atoms with E-state index in [1.807, 2.05) is 22.7 Å². The van der Waals surface area contributed by atoms with Crippen molar-refractivity contribution in [1.29, 1.82) is 0 Å². The molecule has 15 aromatic rings. The quantitative estimate of drug-likeness (QED) is 0.165. The van der Waals surface area contributed by atoms with Crippen LogP contribution in [0.4, 0.5) is 34.1 Å². The third kappa shape index (κ3) is 5.44. The maximum atomic E-state index is 2.54. The minimum Gasteiger partial charge on any atom is -0.309 e. The summed E-state index contributed by atoms with van der Waals surface area (Å²) in [5.74, 6) is 0. The van der Waals surface area contributed by atoms with E-state index in [1.54, 1.807) is 0 Å². The number of para-hydroxylation sites is 3. The summed E-state index contributed by atoms with van der Waals surface area (Å²) >= 11 is 3.74. The second-order valence-electron chi connectivity index (χ2n) is 17.7. The Labute approximate surface area is 393 Å². The fourth-order valence-corrected chi connectivity index (χ4v) is 13.5. The van der Waals surface area contributed by atoms with Crippen LogP contribution in [0.25, 0.3) is 100.0 Å². The highest BCUT2D eigenvalue weighted by atomic mass is 32.1. The van der Waals surface area contributed by atoms with Crippen LogP contribution in [-0.4, -0.2) is 4.40 Å². The molecule has 312 valence electrons. The van der Waals surface area contributed by atoms with Crippen molar-refractivity contribution in [2.45, 2.75) is 0 Å². The van der Waals surface area contributed by atoms with Gasteiger partial charge in [-0.15, -0.1) is 22.7 Å². The molecule has 0 radical (unpaired) electrons. The fraction of sp³-hybridized carbons (Fsp3) is 0. The molecule has 4 aromatic heterocycles. The van der Waals surface area contributed by atoms with Crippen LogP contribution in [0, 0.1) is 0 Å². The first-order chi connectivity index (χ1) is 33.2. The van der Waals surface area contributed by atoms with Crippen molar-refractivity contribution in [3.05, 3.63) is 224 Å². The zero-order valence-corrected chi connectivity index (χ0v) is 37.7. The van der Waals surface area contributed by atoms with Crippen molar-refractivity contribution < 1.29 is 0 Å². The summed E-state index contributed by atoms with van der Waals surface area (Å²) in [5.41, 5.74) is 10.6. The van der Waals surface area contributed by atoms with E-state index in [1.165, 1.54) is 111 Å². The minimum atomic E-state index is 1.13. The minimum absolute atomic E-state index is 1.13. The van der Waals surface area contributed by atoms with Gasteiger partial charge in [-0.3, -0.25) is 0 Å². The normalized spacial score (nSPS) is 12.2. The number of aromatic nitrogens is 1. The van der Waals surface area contributed by atoms with Crippen LogP contribution < -0.4 is 9.80 Å². The molecule has 0 aliphatic carbocycles. The SMILES string of the molecule is c1ccc(N(c2ccc3cc4c5cccc6c7cc8ccc(N(c9ccccc9)c9cccc%10c9sc9ccccc9%10)cc8cc7n(c4cc3c2)c56)c2cccc3c2sc2ccccc23)cc1. The standard InChI is InChI=1S/C62H37N3S2/c1-3-14-42(15-4-1)63(54-24-12-22-50-46-18-7-9-26-58(46)66-61(50)54)44-30-28-38-34-52-48-20-11-21-49-53-35-39-29-31-45(33-41(39)37-57(53)65(60(48)49)56(52)36-40(38)32-44)64(43-16-5-2-6-17-43)55-25-13-23-51-47-19-8-10-27-59(47)67-62(51)55/h1-37H. The topological polar surface area (TPSA) is 10.9 Å². The molecule has 4 heterocycles. The van der Waals surface area contributed by atoms with Gasteiger partial charge in [-0.25, -0.2) is 0 Å². The Morgan fingerprint density at radius 2 is 0.701 bits per heavy atom. The van der Waals surface area contributed by atoms with E-state index >= 15 is 0 Å². The molecule has 0 bridgehead atoms. The average molecular weight is 888 g/mol. The molecule has 0 atom stereocenters. The van der Waals surface area contributed by atoms with Gasteiger partial charge in [-0.2, -0.15) is 0 Å². The molecular formula is C62H37N3S2. The Balaban J connectivity index is 0.934. The predicted molar refractivity (Wildman–Crippen MR) is 291 cm³/mol. The van der Waals surface area contributed by atoms with Crippen LogP contribution in [0.1, 0.15) is 0 Å². The highest BCUT2D eigenvalue weighted by Gasteiger charge is 2.23. The summed E-state index contributed by atoms with van der Waals surface area (Å²) < 4.78 is 7.72. The lowest BCUT2D eigenvalue weighted by atomic mass is 10.0. The van der Waals surface area contributed by atoms with Crippen molar-refractivity contribution in [1.82, 2.24) is 4.40 Å². The van der Waals surface area contributed by atoms with Gasteiger partial charge >= 0.3 is 0 Å². The third-order valence-corrected chi connectivity index (χ3v) is 16.4. The number of thiophene rings is 2. The van der Waals surface area contributed by atoms with Gasteiger partial charge in [0, 0.05) is 75.2 Å². The molecule has 0 aliphatic heterocycles. The number of nitrogens with zero attached hydrogens (tertiary/aromatic N) is 3. The second kappa shape index (κ2) is 14.1. The number of fused-ring (bicyclic) bond motifs is 14. The molecule has 0 amide bonds. The zero-order chi connectivity index (χ0) is 43.7. The number of benzene rings is 11. The molecule has 0 saturated heterocycles. The second-order valence-corrected chi connectivity index (χ2v) is 19.8. The summed E-state index contributed by atoms with van der Waals surface area (Å²) in [5, 5.41) is 15.2. The number of hydrogen-bond donors (Lipinski definition) is 0. The largest absolute Gasteiger partial charge is 0.309 e. The van der Waals surface area contributed by atoms with Crippen molar-refractivity contribution in [3.8, 4) is 0 Å². The number of rotatable bonds is 6. The van der Waals surface area contributed by atoms with Crippen LogP contribution in [-0.2, 0) is 0 Å². The van der Waals surface area contributed by atoms with Gasteiger partial charge in [-0.05, 0) is 119 Å². The number of hydrogen-bond acceptors (Lipinski definition) is 4. The van der Waals surface area contributed by atoms with E-state index in [-0.39, 0.29) is 0 Å². The van der Waals surface area contributed by atoms with E-state index in [0.717, 1.165) is 22.7 Å². The van der Waals surface area contributed by atoms with Crippen molar-refractivity contribution in [3.63, 3.8) is 0 Å². The van der Waals surface area contributed by atoms with Crippen molar-refractivity contribution >= 4 is 157 Å². The van der Waals surface area contributed by atoms with Crippen molar-refractivity contribution in [2.75, 3.05) is 9.80 Å². The summed E-state index contributed by atoms with van der Waals surface area (Å²) in [4.78, 5) is 4.87. The summed E-state index contributed by atoms with van der Waals surface area (Å²) in [6.45, 7) is 0. The van der Waals surface area contributed by atoms with E-state index in [0.29, 0.717) is 0 Å². The molecule has 0 saturated carbocycles. The Morgan fingerprint density at radius 3 is 1.19 bits per heavy atom. The monoisotopic (exact) mass is 887 g/mol. The predicted octanol–water partition coefficient (Wildman–Crippen LogP) is 18.8. The summed E-state index contributed by atoms with van der Waals surface area (Å²) in [6.07, 6.45) is 0. The summed E-state index contributed by atoms with van der Waals surface area (Å²) in [6, 6.07) is 83.2. The van der Waals surface area contributed by atoms with Crippen molar-refractivity contribution in [2.24, 2.45) is 0 Å². The van der Waals surface area contributed by atoms with E-state index in [4.69, 9.17) is 0 Å². The molecule has 67 heavy (non-hydrogen) atoms. The summed E-state index contributed by atoms with van der Waals surface area (Å²) in [7, 11) is 0. The Hall–Kier alpha value is -8.22. The molecule has 0 unspecified atom stereocenters. The molecule has 0 fully saturated rings. The fourth-order valence-electron chi connectivity index (χ4n) is 11.0. The maximum absolute atomic E-state index is 2.54. The van der Waals surface area contributed by atoms with Gasteiger partial charge in [-0.1, -0.05) is 127 Å². The molecule has 0 spiro atoms. The lowest BCUT2D eigenvalue weighted by Gasteiger charge is -2.26. The lowest BCUT2D eigenvalue weighted by Crippen LogP contribution is -2.09. The average Bonchev–Trinajstić information content (AvgIpc) is 4.14. The first kappa shape index (κ1) is 37.0. The molecule has 3 nitrogen and oxygen atoms in total. The first-order valence-corrected chi connectivity index (χ1v) is 24.5. The molecule has 0 aliphatic rings. The first-order valence-electron chi connectivity index (χ1n) is 22.8. The molecule has 0 N–H and O–H groups in total. The van der Waals surface area contributed by atoms with E-state index in [9.17, 15) is 0 Å². The Kier molecular flexibility index (Phi) is 7.82. The van der Waals surface area contributed by atoms with E-state index < -0.39 is 0 Å². The zero-order valence-electron chi connectivity index (χ0n) is 36.0. The van der Waals surface area contributed by atoms with Gasteiger partial charge < -0.3 is 14.2 Å². The maximum Gasteiger partial charge on any atom is 0.0640 e. The number of anilines is 6. The Morgan fingerprint density at radius 1 is 0.284 bits per heavy atom. The Bertz CT molecular complexity index is 4190. The molecule has 5 heteroatoms. The van der Waals surface area contributed by atoms with Gasteiger partial charge in [0.1, 0.15) is 0 Å². The third-order valence-electron chi connectivity index (χ3n) is 14.0. The molecule has 15 rings (SSSR count). The lowest BCUT2D eigenvalue weighted by molar-refractivity contribution is 1.31. The van der Waals surface area contributed by atoms with Crippen LogP contribution in [0.3, 0.4) is 0 Å². The smallest absolute Gasteiger partial charge is 0.0640 e. The highest BCUT2D eigenvalue weighted by Crippen LogP contribution is 2.48. The molecular weight excluding hydrogens is 851 g/mol. The highest BCUT2D eigenvalue weighted by molar-refractivity contribution is 7.26. The van der Waals surface area contributed by atoms with E-state index in [2.05, 4.69) is 239 Å². The van der Waals surface area contributed by atoms with Gasteiger partial charge in [0.2, 0.25) is 0 Å². The van der Waals surface area contributed by atoms with Crippen LogP contribution in [0.5, 0.6) is 0 Å². The molecule has 11 aromatic carbocycles. The van der Waals surface area contributed by atoms with Gasteiger partial charge in [0.05, 0.1) is 37.3 Å². The van der Waals surface area contributed by atoms with Gasteiger partial charge in [0.15, 0.2) is 0 Å².